The third kappa shape index (κ3) is 5.31. The van der Waals surface area contributed by atoms with Crippen LogP contribution in [0.3, 0.4) is 0 Å². The van der Waals surface area contributed by atoms with E-state index in [1.54, 1.807) is 13.2 Å². The fraction of sp³-hybridized carbons (Fsp3) is 0.261. The maximum atomic E-state index is 12.7. The van der Waals surface area contributed by atoms with Gasteiger partial charge in [0.05, 0.1) is 7.11 Å². The molecule has 150 valence electrons. The Kier molecular flexibility index (Phi) is 6.79. The SMILES string of the molecule is CCc1ccccc1NC(=O)c1cc(C)nc(NCCc2ccccc2OC)n1. The lowest BCUT2D eigenvalue weighted by Crippen LogP contribution is -2.17. The van der Waals surface area contributed by atoms with Crippen molar-refractivity contribution < 1.29 is 9.53 Å². The smallest absolute Gasteiger partial charge is 0.274 e. The number of methoxy groups -OCH3 is 1. The Morgan fingerprint density at radius 2 is 1.76 bits per heavy atom. The number of carbonyl (C=O) groups excluding carboxylic acids is 1. The summed E-state index contributed by atoms with van der Waals surface area (Å²) >= 11 is 0. The van der Waals surface area contributed by atoms with E-state index in [1.807, 2.05) is 55.5 Å². The number of para-hydroxylation sites is 2. The largest absolute Gasteiger partial charge is 0.496 e. The highest BCUT2D eigenvalue weighted by Gasteiger charge is 2.12. The molecule has 2 N–H and O–H groups in total. The second kappa shape index (κ2) is 9.68. The van der Waals surface area contributed by atoms with E-state index in [9.17, 15) is 4.79 Å². The molecule has 0 saturated heterocycles. The zero-order valence-corrected chi connectivity index (χ0v) is 17.0. The number of aromatic nitrogens is 2. The number of ether oxygens (including phenoxy) is 1. The molecule has 0 saturated carbocycles. The van der Waals surface area contributed by atoms with Gasteiger partial charge in [0.15, 0.2) is 0 Å². The Morgan fingerprint density at radius 3 is 2.52 bits per heavy atom. The molecule has 29 heavy (non-hydrogen) atoms. The van der Waals surface area contributed by atoms with Gasteiger partial charge in [-0.15, -0.1) is 0 Å². The summed E-state index contributed by atoms with van der Waals surface area (Å²) in [5, 5.41) is 6.16. The average Bonchev–Trinajstić information content (AvgIpc) is 2.74. The first-order valence-electron chi connectivity index (χ1n) is 9.71. The Bertz CT molecular complexity index is 988. The number of anilines is 2. The van der Waals surface area contributed by atoms with Crippen molar-refractivity contribution in [1.82, 2.24) is 9.97 Å². The molecule has 6 nitrogen and oxygen atoms in total. The third-order valence-corrected chi connectivity index (χ3v) is 4.60. The number of carbonyl (C=O) groups is 1. The molecular weight excluding hydrogens is 364 g/mol. The van der Waals surface area contributed by atoms with Crippen molar-refractivity contribution in [3.63, 3.8) is 0 Å². The van der Waals surface area contributed by atoms with Crippen molar-refractivity contribution in [2.45, 2.75) is 26.7 Å². The first-order chi connectivity index (χ1) is 14.1. The van der Waals surface area contributed by atoms with E-state index >= 15 is 0 Å². The molecule has 1 amide bonds. The minimum Gasteiger partial charge on any atom is -0.496 e. The second-order valence-corrected chi connectivity index (χ2v) is 6.67. The van der Waals surface area contributed by atoms with Gasteiger partial charge in [0.1, 0.15) is 11.4 Å². The van der Waals surface area contributed by atoms with Crippen LogP contribution < -0.4 is 15.4 Å². The summed E-state index contributed by atoms with van der Waals surface area (Å²) in [6, 6.07) is 17.4. The minimum absolute atomic E-state index is 0.246. The summed E-state index contributed by atoms with van der Waals surface area (Å²) in [6.45, 7) is 4.54. The minimum atomic E-state index is -0.246. The van der Waals surface area contributed by atoms with Crippen LogP contribution in [0.15, 0.2) is 54.6 Å². The first-order valence-corrected chi connectivity index (χ1v) is 9.71. The number of benzene rings is 2. The van der Waals surface area contributed by atoms with Gasteiger partial charge < -0.3 is 15.4 Å². The van der Waals surface area contributed by atoms with Crippen molar-refractivity contribution in [3.05, 3.63) is 77.1 Å². The molecule has 0 bridgehead atoms. The van der Waals surface area contributed by atoms with Gasteiger partial charge in [0.25, 0.3) is 5.91 Å². The van der Waals surface area contributed by atoms with Crippen LogP contribution in [-0.2, 0) is 12.8 Å². The van der Waals surface area contributed by atoms with Crippen molar-refractivity contribution in [2.75, 3.05) is 24.3 Å². The quantitative estimate of drug-likeness (QED) is 0.601. The molecule has 0 unspecified atom stereocenters. The molecule has 1 heterocycles. The van der Waals surface area contributed by atoms with Crippen LogP contribution in [0.1, 0.15) is 34.2 Å². The van der Waals surface area contributed by atoms with E-state index in [4.69, 9.17) is 4.74 Å². The van der Waals surface area contributed by atoms with Crippen LogP contribution in [0.2, 0.25) is 0 Å². The molecular formula is C23H26N4O2. The number of amides is 1. The van der Waals surface area contributed by atoms with Crippen molar-refractivity contribution >= 4 is 17.5 Å². The number of rotatable bonds is 8. The van der Waals surface area contributed by atoms with Gasteiger partial charge >= 0.3 is 0 Å². The topological polar surface area (TPSA) is 76.1 Å². The van der Waals surface area contributed by atoms with E-state index in [1.165, 1.54) is 0 Å². The van der Waals surface area contributed by atoms with E-state index in [0.29, 0.717) is 18.2 Å². The molecule has 0 atom stereocenters. The lowest BCUT2D eigenvalue weighted by atomic mass is 10.1. The van der Waals surface area contributed by atoms with Gasteiger partial charge in [-0.1, -0.05) is 43.3 Å². The van der Waals surface area contributed by atoms with Crippen LogP contribution in [0, 0.1) is 6.92 Å². The highest BCUT2D eigenvalue weighted by atomic mass is 16.5. The zero-order valence-electron chi connectivity index (χ0n) is 17.0. The van der Waals surface area contributed by atoms with Crippen LogP contribution in [0.4, 0.5) is 11.6 Å². The number of hydrogen-bond donors (Lipinski definition) is 2. The molecule has 0 radical (unpaired) electrons. The molecule has 3 rings (SSSR count). The van der Waals surface area contributed by atoms with E-state index in [-0.39, 0.29) is 5.91 Å². The normalized spacial score (nSPS) is 10.4. The molecule has 0 aliphatic carbocycles. The number of nitrogens with one attached hydrogen (secondary N) is 2. The molecule has 0 spiro atoms. The van der Waals surface area contributed by atoms with Crippen molar-refractivity contribution in [3.8, 4) is 5.75 Å². The summed E-state index contributed by atoms with van der Waals surface area (Å²) in [4.78, 5) is 21.5. The Hall–Kier alpha value is -3.41. The predicted octanol–water partition coefficient (Wildman–Crippen LogP) is 4.26. The summed E-state index contributed by atoms with van der Waals surface area (Å²) in [6.07, 6.45) is 1.60. The second-order valence-electron chi connectivity index (χ2n) is 6.67. The molecule has 0 fully saturated rings. The highest BCUT2D eigenvalue weighted by Crippen LogP contribution is 2.18. The molecule has 0 aliphatic rings. The Balaban J connectivity index is 1.68. The number of hydrogen-bond acceptors (Lipinski definition) is 5. The summed E-state index contributed by atoms with van der Waals surface area (Å²) in [7, 11) is 1.66. The van der Waals surface area contributed by atoms with Crippen LogP contribution in [0.25, 0.3) is 0 Å². The molecule has 1 aromatic heterocycles. The predicted molar refractivity (Wildman–Crippen MR) is 116 cm³/mol. The number of aryl methyl sites for hydroxylation is 2. The molecule has 3 aromatic rings. The van der Waals surface area contributed by atoms with E-state index < -0.39 is 0 Å². The highest BCUT2D eigenvalue weighted by molar-refractivity contribution is 6.03. The Labute approximate surface area is 171 Å². The fourth-order valence-electron chi connectivity index (χ4n) is 3.12. The number of nitrogens with zero attached hydrogens (tertiary/aromatic N) is 2. The maximum Gasteiger partial charge on any atom is 0.274 e. The molecule has 6 heteroatoms. The van der Waals surface area contributed by atoms with Gasteiger partial charge in [-0.2, -0.15) is 0 Å². The van der Waals surface area contributed by atoms with Gasteiger partial charge in [0, 0.05) is 17.9 Å². The Morgan fingerprint density at radius 1 is 1.03 bits per heavy atom. The zero-order chi connectivity index (χ0) is 20.6. The van der Waals surface area contributed by atoms with E-state index in [2.05, 4.69) is 27.5 Å². The van der Waals surface area contributed by atoms with Crippen molar-refractivity contribution in [1.29, 1.82) is 0 Å². The lowest BCUT2D eigenvalue weighted by molar-refractivity contribution is 0.102. The fourth-order valence-corrected chi connectivity index (χ4v) is 3.12. The molecule has 2 aromatic carbocycles. The van der Waals surface area contributed by atoms with E-state index in [0.717, 1.165) is 41.1 Å². The lowest BCUT2D eigenvalue weighted by Gasteiger charge is -2.12. The summed E-state index contributed by atoms with van der Waals surface area (Å²) in [5.41, 5.74) is 4.06. The van der Waals surface area contributed by atoms with Crippen LogP contribution >= 0.6 is 0 Å². The van der Waals surface area contributed by atoms with Crippen molar-refractivity contribution in [2.24, 2.45) is 0 Å². The standard InChI is InChI=1S/C23H26N4O2/c1-4-17-9-5-7-11-19(17)26-22(28)20-15-16(2)25-23(27-20)24-14-13-18-10-6-8-12-21(18)29-3/h5-12,15H,4,13-14H2,1-3H3,(H,26,28)(H,24,25,27). The van der Waals surface area contributed by atoms with Gasteiger partial charge in [-0.05, 0) is 49.1 Å². The first kappa shape index (κ1) is 20.3. The summed E-state index contributed by atoms with van der Waals surface area (Å²) in [5.74, 6) is 1.05. The average molecular weight is 390 g/mol. The van der Waals surface area contributed by atoms with Gasteiger partial charge in [-0.3, -0.25) is 4.79 Å². The van der Waals surface area contributed by atoms with Crippen LogP contribution in [-0.4, -0.2) is 29.5 Å². The van der Waals surface area contributed by atoms with Gasteiger partial charge in [0.2, 0.25) is 5.95 Å². The molecule has 0 aliphatic heterocycles. The third-order valence-electron chi connectivity index (χ3n) is 4.60. The monoisotopic (exact) mass is 390 g/mol. The summed E-state index contributed by atoms with van der Waals surface area (Å²) < 4.78 is 5.38. The van der Waals surface area contributed by atoms with Crippen LogP contribution in [0.5, 0.6) is 5.75 Å². The maximum absolute atomic E-state index is 12.7. The van der Waals surface area contributed by atoms with Gasteiger partial charge in [-0.25, -0.2) is 9.97 Å².